The highest BCUT2D eigenvalue weighted by molar-refractivity contribution is 9.08. The van der Waals surface area contributed by atoms with Crippen molar-refractivity contribution in [2.24, 2.45) is 0 Å². The number of aromatic nitrogens is 1. The average molecular weight is 370 g/mol. The van der Waals surface area contributed by atoms with Crippen molar-refractivity contribution in [3.05, 3.63) is 39.8 Å². The molecule has 0 atom stereocenters. The zero-order valence-electron chi connectivity index (χ0n) is 12.8. The van der Waals surface area contributed by atoms with Gasteiger partial charge in [0, 0.05) is 21.7 Å². The van der Waals surface area contributed by atoms with Crippen molar-refractivity contribution in [3.8, 4) is 11.5 Å². The molecule has 114 valence electrons. The van der Waals surface area contributed by atoms with E-state index in [-0.39, 0.29) is 5.41 Å². The summed E-state index contributed by atoms with van der Waals surface area (Å²) in [5.41, 5.74) is 2.24. The molecule has 0 amide bonds. The van der Waals surface area contributed by atoms with Gasteiger partial charge in [0.2, 0.25) is 0 Å². The van der Waals surface area contributed by atoms with Gasteiger partial charge in [-0.3, -0.25) is 0 Å². The molecule has 0 saturated carbocycles. The Morgan fingerprint density at radius 2 is 2.05 bits per heavy atom. The second-order valence-corrected chi connectivity index (χ2v) is 7.25. The molecule has 0 bridgehead atoms. The maximum atomic E-state index is 5.96. The van der Waals surface area contributed by atoms with Crippen LogP contribution >= 0.6 is 27.3 Å². The van der Waals surface area contributed by atoms with Crippen molar-refractivity contribution in [3.63, 3.8) is 0 Å². The Bertz CT molecular complexity index is 582. The number of ether oxygens (including phenoxy) is 2. The van der Waals surface area contributed by atoms with Gasteiger partial charge < -0.3 is 9.47 Å². The van der Waals surface area contributed by atoms with Crippen LogP contribution in [0.2, 0.25) is 0 Å². The van der Waals surface area contributed by atoms with Gasteiger partial charge in [-0.2, -0.15) is 0 Å². The molecule has 0 N–H and O–H groups in total. The summed E-state index contributed by atoms with van der Waals surface area (Å²) in [5.74, 6) is 1.53. The Balaban J connectivity index is 2.15. The first kappa shape index (κ1) is 16.3. The summed E-state index contributed by atoms with van der Waals surface area (Å²) in [7, 11) is 1.65. The van der Waals surface area contributed by atoms with E-state index < -0.39 is 0 Å². The van der Waals surface area contributed by atoms with Crippen LogP contribution in [0, 0.1) is 0 Å². The van der Waals surface area contributed by atoms with Crippen LogP contribution in [-0.2, 0) is 17.4 Å². The number of alkyl halides is 1. The molecule has 0 aliphatic heterocycles. The molecule has 2 rings (SSSR count). The van der Waals surface area contributed by atoms with E-state index in [2.05, 4.69) is 47.1 Å². The zero-order chi connectivity index (χ0) is 15.5. The van der Waals surface area contributed by atoms with Gasteiger partial charge in [-0.1, -0.05) is 48.8 Å². The van der Waals surface area contributed by atoms with Crippen LogP contribution in [0.25, 0.3) is 0 Å². The highest BCUT2D eigenvalue weighted by atomic mass is 79.9. The largest absolute Gasteiger partial charge is 0.493 e. The van der Waals surface area contributed by atoms with Crippen LogP contribution in [0.3, 0.4) is 0 Å². The molecule has 21 heavy (non-hydrogen) atoms. The van der Waals surface area contributed by atoms with Gasteiger partial charge in [-0.05, 0) is 6.07 Å². The molecule has 0 spiro atoms. The van der Waals surface area contributed by atoms with E-state index >= 15 is 0 Å². The molecule has 0 radical (unpaired) electrons. The summed E-state index contributed by atoms with van der Waals surface area (Å²) in [4.78, 5) is 4.65. The van der Waals surface area contributed by atoms with Crippen molar-refractivity contribution < 1.29 is 9.47 Å². The number of benzene rings is 1. The molecule has 3 nitrogen and oxygen atoms in total. The first-order valence-electron chi connectivity index (χ1n) is 6.75. The highest BCUT2D eigenvalue weighted by Crippen LogP contribution is 2.33. The van der Waals surface area contributed by atoms with E-state index in [0.717, 1.165) is 33.1 Å². The molecule has 0 aliphatic rings. The van der Waals surface area contributed by atoms with Gasteiger partial charge in [0.05, 0.1) is 12.8 Å². The minimum absolute atomic E-state index is 0.0696. The smallest absolute Gasteiger partial charge is 0.165 e. The second kappa shape index (κ2) is 6.79. The SMILES string of the molecule is COc1cccc(CBr)c1OCc1nc(C(C)(C)C)cs1. The van der Waals surface area contributed by atoms with Crippen LogP contribution in [-0.4, -0.2) is 12.1 Å². The highest BCUT2D eigenvalue weighted by Gasteiger charge is 2.18. The van der Waals surface area contributed by atoms with E-state index in [1.807, 2.05) is 18.2 Å². The summed E-state index contributed by atoms with van der Waals surface area (Å²) >= 11 is 5.11. The molecule has 0 aliphatic carbocycles. The average Bonchev–Trinajstić information content (AvgIpc) is 2.93. The maximum Gasteiger partial charge on any atom is 0.165 e. The lowest BCUT2D eigenvalue weighted by Gasteiger charge is -2.15. The number of hydrogen-bond acceptors (Lipinski definition) is 4. The van der Waals surface area contributed by atoms with Crippen LogP contribution in [0.15, 0.2) is 23.6 Å². The van der Waals surface area contributed by atoms with Gasteiger partial charge in [-0.15, -0.1) is 11.3 Å². The lowest BCUT2D eigenvalue weighted by Crippen LogP contribution is -2.11. The first-order chi connectivity index (χ1) is 9.95. The van der Waals surface area contributed by atoms with Crippen LogP contribution in [0.1, 0.15) is 37.0 Å². The van der Waals surface area contributed by atoms with Crippen molar-refractivity contribution in [1.29, 1.82) is 0 Å². The first-order valence-corrected chi connectivity index (χ1v) is 8.75. The Kier molecular flexibility index (Phi) is 5.27. The van der Waals surface area contributed by atoms with Crippen LogP contribution in [0.4, 0.5) is 0 Å². The van der Waals surface area contributed by atoms with Crippen molar-refractivity contribution in [2.75, 3.05) is 7.11 Å². The third kappa shape index (κ3) is 3.98. The van der Waals surface area contributed by atoms with Crippen molar-refractivity contribution in [1.82, 2.24) is 4.98 Å². The third-order valence-corrected chi connectivity index (χ3v) is 4.51. The van der Waals surface area contributed by atoms with Gasteiger partial charge in [0.15, 0.2) is 11.5 Å². The summed E-state index contributed by atoms with van der Waals surface area (Å²) in [6.45, 7) is 6.95. The Morgan fingerprint density at radius 1 is 1.29 bits per heavy atom. The number of nitrogens with zero attached hydrogens (tertiary/aromatic N) is 1. The van der Waals surface area contributed by atoms with E-state index in [0.29, 0.717) is 6.61 Å². The fraction of sp³-hybridized carbons (Fsp3) is 0.438. The number of halogens is 1. The van der Waals surface area contributed by atoms with E-state index in [1.165, 1.54) is 0 Å². The number of rotatable bonds is 5. The monoisotopic (exact) mass is 369 g/mol. The Hall–Kier alpha value is -1.07. The molecular formula is C16H20BrNO2S. The van der Waals surface area contributed by atoms with Crippen molar-refractivity contribution >= 4 is 27.3 Å². The predicted octanol–water partition coefficient (Wildman–Crippen LogP) is 4.92. The molecule has 2 aromatic rings. The van der Waals surface area contributed by atoms with Gasteiger partial charge >= 0.3 is 0 Å². The fourth-order valence-corrected chi connectivity index (χ4v) is 3.22. The summed E-state index contributed by atoms with van der Waals surface area (Å²) in [6, 6.07) is 5.89. The van der Waals surface area contributed by atoms with Crippen LogP contribution in [0.5, 0.6) is 11.5 Å². The normalized spacial score (nSPS) is 11.5. The molecule has 5 heteroatoms. The number of methoxy groups -OCH3 is 1. The molecule has 0 saturated heterocycles. The van der Waals surface area contributed by atoms with Crippen LogP contribution < -0.4 is 9.47 Å². The molecular weight excluding hydrogens is 350 g/mol. The number of thiazole rings is 1. The minimum atomic E-state index is 0.0696. The molecule has 0 unspecified atom stereocenters. The summed E-state index contributed by atoms with van der Waals surface area (Å²) in [6.07, 6.45) is 0. The zero-order valence-corrected chi connectivity index (χ0v) is 15.2. The molecule has 1 heterocycles. The predicted molar refractivity (Wildman–Crippen MR) is 90.8 cm³/mol. The van der Waals surface area contributed by atoms with Gasteiger partial charge in [0.25, 0.3) is 0 Å². The molecule has 0 fully saturated rings. The number of para-hydroxylation sites is 1. The van der Waals surface area contributed by atoms with E-state index in [1.54, 1.807) is 18.4 Å². The maximum absolute atomic E-state index is 5.96. The van der Waals surface area contributed by atoms with Gasteiger partial charge in [0.1, 0.15) is 11.6 Å². The molecule has 1 aromatic heterocycles. The van der Waals surface area contributed by atoms with E-state index in [4.69, 9.17) is 9.47 Å². The standard InChI is InChI=1S/C16H20BrNO2S/c1-16(2,3)13-10-21-14(18-13)9-20-15-11(8-17)6-5-7-12(15)19-4/h5-7,10H,8-9H2,1-4H3. The lowest BCUT2D eigenvalue weighted by molar-refractivity contribution is 0.281. The Labute approximate surface area is 138 Å². The second-order valence-electron chi connectivity index (χ2n) is 5.75. The van der Waals surface area contributed by atoms with Crippen molar-refractivity contribution in [2.45, 2.75) is 38.1 Å². The minimum Gasteiger partial charge on any atom is -0.493 e. The van der Waals surface area contributed by atoms with Gasteiger partial charge in [-0.25, -0.2) is 4.98 Å². The third-order valence-electron chi connectivity index (χ3n) is 3.08. The van der Waals surface area contributed by atoms with E-state index in [9.17, 15) is 0 Å². The Morgan fingerprint density at radius 3 is 2.62 bits per heavy atom. The quantitative estimate of drug-likeness (QED) is 0.700. The summed E-state index contributed by atoms with van der Waals surface area (Å²) < 4.78 is 11.3. The topological polar surface area (TPSA) is 31.4 Å². The summed E-state index contributed by atoms with van der Waals surface area (Å²) in [5, 5.41) is 3.81. The number of hydrogen-bond donors (Lipinski definition) is 0. The lowest BCUT2D eigenvalue weighted by atomic mass is 9.93. The molecule has 1 aromatic carbocycles. The fourth-order valence-electron chi connectivity index (χ4n) is 1.85.